The number of H-pyrrole nitrogens is 1. The predicted octanol–water partition coefficient (Wildman–Crippen LogP) is 3.22. The molecule has 1 aliphatic rings. The number of benzene rings is 1. The molecule has 1 aromatic carbocycles. The highest BCUT2D eigenvalue weighted by Crippen LogP contribution is 2.44. The summed E-state index contributed by atoms with van der Waals surface area (Å²) >= 11 is 0. The number of fused-ring (bicyclic) bond motifs is 3. The van der Waals surface area contributed by atoms with E-state index in [4.69, 9.17) is 0 Å². The molecule has 0 saturated heterocycles. The molecular formula is C16H14N2O2. The Morgan fingerprint density at radius 2 is 2.05 bits per heavy atom. The molecule has 100 valence electrons. The number of carboxylic acids is 1. The highest BCUT2D eigenvalue weighted by atomic mass is 16.4. The van der Waals surface area contributed by atoms with Crippen molar-refractivity contribution in [3.63, 3.8) is 0 Å². The summed E-state index contributed by atoms with van der Waals surface area (Å²) in [6.45, 7) is 0. The molecule has 1 fully saturated rings. The number of hydrogen-bond donors (Lipinski definition) is 2. The van der Waals surface area contributed by atoms with E-state index in [2.05, 4.69) is 9.97 Å². The van der Waals surface area contributed by atoms with Crippen molar-refractivity contribution in [2.45, 2.75) is 24.7 Å². The molecular weight excluding hydrogens is 252 g/mol. The second-order valence-electron chi connectivity index (χ2n) is 5.55. The van der Waals surface area contributed by atoms with Crippen LogP contribution in [0.15, 0.2) is 36.7 Å². The Kier molecular flexibility index (Phi) is 2.19. The van der Waals surface area contributed by atoms with Crippen LogP contribution in [-0.4, -0.2) is 21.0 Å². The Bertz CT molecular complexity index is 831. The summed E-state index contributed by atoms with van der Waals surface area (Å²) in [6.07, 6.45) is 6.04. The van der Waals surface area contributed by atoms with Crippen LogP contribution >= 0.6 is 0 Å². The lowest BCUT2D eigenvalue weighted by atomic mass is 9.64. The maximum atomic E-state index is 11.6. The number of aromatic amines is 1. The lowest BCUT2D eigenvalue weighted by Crippen LogP contribution is -2.42. The standard InChI is InChI=1S/C16H14N2O2/c19-15(20)16(5-1-6-16)10-2-3-11-12-9-17-7-4-13(12)18-14(11)8-10/h2-4,7-9,18H,1,5-6H2,(H,19,20). The number of carboxylic acid groups (broad SMARTS) is 1. The summed E-state index contributed by atoms with van der Waals surface area (Å²) in [5, 5.41) is 11.7. The van der Waals surface area contributed by atoms with Crippen LogP contribution < -0.4 is 0 Å². The molecule has 20 heavy (non-hydrogen) atoms. The average molecular weight is 266 g/mol. The van der Waals surface area contributed by atoms with E-state index in [-0.39, 0.29) is 0 Å². The largest absolute Gasteiger partial charge is 0.481 e. The van der Waals surface area contributed by atoms with Crippen molar-refractivity contribution in [1.82, 2.24) is 9.97 Å². The van der Waals surface area contributed by atoms with Crippen LogP contribution in [0.4, 0.5) is 0 Å². The maximum Gasteiger partial charge on any atom is 0.314 e. The van der Waals surface area contributed by atoms with Crippen molar-refractivity contribution in [3.8, 4) is 0 Å². The molecule has 2 heterocycles. The highest BCUT2D eigenvalue weighted by molar-refractivity contribution is 6.07. The van der Waals surface area contributed by atoms with Gasteiger partial charge in [-0.1, -0.05) is 18.6 Å². The fraction of sp³-hybridized carbons (Fsp3) is 0.250. The number of carbonyl (C=O) groups is 1. The molecule has 0 amide bonds. The van der Waals surface area contributed by atoms with Crippen LogP contribution in [0, 0.1) is 0 Å². The highest BCUT2D eigenvalue weighted by Gasteiger charge is 2.45. The van der Waals surface area contributed by atoms with Crippen LogP contribution in [0.5, 0.6) is 0 Å². The zero-order valence-corrected chi connectivity index (χ0v) is 10.9. The van der Waals surface area contributed by atoms with E-state index in [0.717, 1.165) is 46.6 Å². The minimum atomic E-state index is -0.708. The van der Waals surface area contributed by atoms with Crippen molar-refractivity contribution in [3.05, 3.63) is 42.2 Å². The van der Waals surface area contributed by atoms with Gasteiger partial charge >= 0.3 is 5.97 Å². The van der Waals surface area contributed by atoms with Crippen molar-refractivity contribution < 1.29 is 9.90 Å². The van der Waals surface area contributed by atoms with Crippen LogP contribution in [0.3, 0.4) is 0 Å². The van der Waals surface area contributed by atoms with Gasteiger partial charge in [0.05, 0.1) is 5.41 Å². The van der Waals surface area contributed by atoms with Gasteiger partial charge in [-0.3, -0.25) is 9.78 Å². The molecule has 0 spiro atoms. The summed E-state index contributed by atoms with van der Waals surface area (Å²) in [7, 11) is 0. The minimum absolute atomic E-state index is 0.677. The molecule has 1 aliphatic carbocycles. The molecule has 4 rings (SSSR count). The summed E-state index contributed by atoms with van der Waals surface area (Å²) < 4.78 is 0. The Morgan fingerprint density at radius 1 is 1.20 bits per heavy atom. The van der Waals surface area contributed by atoms with Gasteiger partial charge in [-0.25, -0.2) is 0 Å². The van der Waals surface area contributed by atoms with E-state index in [0.29, 0.717) is 0 Å². The molecule has 0 unspecified atom stereocenters. The Hall–Kier alpha value is -2.36. The molecule has 2 N–H and O–H groups in total. The topological polar surface area (TPSA) is 66.0 Å². The number of aliphatic carboxylic acids is 1. The normalized spacial score (nSPS) is 17.2. The van der Waals surface area contributed by atoms with E-state index in [9.17, 15) is 9.90 Å². The van der Waals surface area contributed by atoms with E-state index < -0.39 is 11.4 Å². The second-order valence-corrected chi connectivity index (χ2v) is 5.55. The molecule has 0 bridgehead atoms. The molecule has 4 heteroatoms. The molecule has 0 aliphatic heterocycles. The molecule has 3 aromatic rings. The number of nitrogens with one attached hydrogen (secondary N) is 1. The first-order chi connectivity index (χ1) is 9.71. The first-order valence-corrected chi connectivity index (χ1v) is 6.80. The molecule has 1 saturated carbocycles. The van der Waals surface area contributed by atoms with E-state index in [1.165, 1.54) is 0 Å². The third-order valence-corrected chi connectivity index (χ3v) is 4.57. The molecule has 0 atom stereocenters. The van der Waals surface area contributed by atoms with E-state index in [1.54, 1.807) is 6.20 Å². The lowest BCUT2D eigenvalue weighted by Gasteiger charge is -2.38. The fourth-order valence-corrected chi connectivity index (χ4v) is 3.20. The van der Waals surface area contributed by atoms with Gasteiger partial charge in [0.2, 0.25) is 0 Å². The van der Waals surface area contributed by atoms with Crippen molar-refractivity contribution in [1.29, 1.82) is 0 Å². The second kappa shape index (κ2) is 3.82. The van der Waals surface area contributed by atoms with Gasteiger partial charge in [0.15, 0.2) is 0 Å². The van der Waals surface area contributed by atoms with Crippen molar-refractivity contribution in [2.24, 2.45) is 0 Å². The predicted molar refractivity (Wildman–Crippen MR) is 76.8 cm³/mol. The number of aromatic nitrogens is 2. The first-order valence-electron chi connectivity index (χ1n) is 6.80. The van der Waals surface area contributed by atoms with Gasteiger partial charge in [-0.15, -0.1) is 0 Å². The number of nitrogens with zero attached hydrogens (tertiary/aromatic N) is 1. The molecule has 4 nitrogen and oxygen atoms in total. The first kappa shape index (κ1) is 11.5. The van der Waals surface area contributed by atoms with Crippen LogP contribution in [0.25, 0.3) is 21.8 Å². The lowest BCUT2D eigenvalue weighted by molar-refractivity contribution is -0.147. The number of rotatable bonds is 2. The zero-order chi connectivity index (χ0) is 13.7. The van der Waals surface area contributed by atoms with Crippen molar-refractivity contribution >= 4 is 27.8 Å². The number of hydrogen-bond acceptors (Lipinski definition) is 2. The number of pyridine rings is 1. The smallest absolute Gasteiger partial charge is 0.314 e. The maximum absolute atomic E-state index is 11.6. The Balaban J connectivity index is 1.95. The van der Waals surface area contributed by atoms with Gasteiger partial charge < -0.3 is 10.1 Å². The quantitative estimate of drug-likeness (QED) is 0.748. The third kappa shape index (κ3) is 1.36. The monoisotopic (exact) mass is 266 g/mol. The van der Waals surface area contributed by atoms with Crippen LogP contribution in [0.1, 0.15) is 24.8 Å². The van der Waals surface area contributed by atoms with Gasteiger partial charge in [-0.2, -0.15) is 0 Å². The summed E-state index contributed by atoms with van der Waals surface area (Å²) in [4.78, 5) is 19.1. The van der Waals surface area contributed by atoms with Gasteiger partial charge in [0, 0.05) is 34.2 Å². The molecule has 2 aromatic heterocycles. The van der Waals surface area contributed by atoms with Gasteiger partial charge in [-0.05, 0) is 30.5 Å². The van der Waals surface area contributed by atoms with Crippen LogP contribution in [0.2, 0.25) is 0 Å². The van der Waals surface area contributed by atoms with Crippen LogP contribution in [-0.2, 0) is 10.2 Å². The summed E-state index contributed by atoms with van der Waals surface area (Å²) in [5.41, 5.74) is 2.25. The van der Waals surface area contributed by atoms with Gasteiger partial charge in [0.25, 0.3) is 0 Å². The van der Waals surface area contributed by atoms with E-state index in [1.807, 2.05) is 30.5 Å². The Labute approximate surface area is 115 Å². The third-order valence-electron chi connectivity index (χ3n) is 4.57. The summed E-state index contributed by atoms with van der Waals surface area (Å²) in [5.74, 6) is -0.708. The van der Waals surface area contributed by atoms with Gasteiger partial charge in [0.1, 0.15) is 0 Å². The average Bonchev–Trinajstić information content (AvgIpc) is 2.74. The summed E-state index contributed by atoms with van der Waals surface area (Å²) in [6, 6.07) is 7.89. The SMILES string of the molecule is O=C(O)C1(c2ccc3c(c2)[nH]c2ccncc23)CCC1. The zero-order valence-electron chi connectivity index (χ0n) is 10.9. The minimum Gasteiger partial charge on any atom is -0.481 e. The fourth-order valence-electron chi connectivity index (χ4n) is 3.20. The molecule has 0 radical (unpaired) electrons. The van der Waals surface area contributed by atoms with Crippen molar-refractivity contribution in [2.75, 3.05) is 0 Å². The Morgan fingerprint density at radius 3 is 2.75 bits per heavy atom. The van der Waals surface area contributed by atoms with E-state index >= 15 is 0 Å².